The van der Waals surface area contributed by atoms with Crippen LogP contribution in [0.1, 0.15) is 17.4 Å². The Morgan fingerprint density at radius 2 is 1.90 bits per heavy atom. The van der Waals surface area contributed by atoms with Crippen LogP contribution in [0.3, 0.4) is 0 Å². The monoisotopic (exact) mass is 440 g/mol. The Balaban J connectivity index is 1.50. The van der Waals surface area contributed by atoms with E-state index in [1.54, 1.807) is 18.2 Å². The standard InChI is InChI=1S/C21H20N4O3S2/c1-14-9-10-25-13-19(23-20(25)11-14)16-3-5-17(6-4-16)24-30(27,28)21-8-7-18(29-21)12-22-15(2)26/h3-11,13,24H,12H2,1-2H3,(H,22,26). The highest BCUT2D eigenvalue weighted by Gasteiger charge is 2.17. The Morgan fingerprint density at radius 1 is 1.13 bits per heavy atom. The largest absolute Gasteiger partial charge is 0.351 e. The highest BCUT2D eigenvalue weighted by molar-refractivity contribution is 7.94. The summed E-state index contributed by atoms with van der Waals surface area (Å²) in [4.78, 5) is 16.4. The third-order valence-corrected chi connectivity index (χ3v) is 7.42. The Morgan fingerprint density at radius 3 is 2.63 bits per heavy atom. The predicted octanol–water partition coefficient (Wildman–Crippen LogP) is 3.81. The average Bonchev–Trinajstić information content (AvgIpc) is 3.34. The van der Waals surface area contributed by atoms with Crippen LogP contribution in [0.2, 0.25) is 0 Å². The predicted molar refractivity (Wildman–Crippen MR) is 118 cm³/mol. The number of fused-ring (bicyclic) bond motifs is 1. The number of carbonyl (C=O) groups excluding carboxylic acids is 1. The molecule has 0 spiro atoms. The summed E-state index contributed by atoms with van der Waals surface area (Å²) < 4.78 is 30.1. The number of nitrogens with zero attached hydrogens (tertiary/aromatic N) is 2. The maximum atomic E-state index is 12.7. The van der Waals surface area contributed by atoms with Crippen LogP contribution in [0.5, 0.6) is 0 Å². The third kappa shape index (κ3) is 4.37. The molecule has 4 rings (SSSR count). The molecule has 3 heterocycles. The minimum absolute atomic E-state index is 0.160. The van der Waals surface area contributed by atoms with E-state index in [-0.39, 0.29) is 10.1 Å². The fourth-order valence-electron chi connectivity index (χ4n) is 2.95. The first kappa shape index (κ1) is 20.1. The molecule has 0 atom stereocenters. The zero-order valence-electron chi connectivity index (χ0n) is 16.4. The van der Waals surface area contributed by atoms with E-state index in [4.69, 9.17) is 0 Å². The molecule has 0 fully saturated rings. The van der Waals surface area contributed by atoms with Crippen molar-refractivity contribution in [2.45, 2.75) is 24.6 Å². The van der Waals surface area contributed by atoms with Crippen molar-refractivity contribution in [3.05, 3.63) is 71.4 Å². The Labute approximate surface area is 178 Å². The van der Waals surface area contributed by atoms with Crippen LogP contribution in [0.4, 0.5) is 5.69 Å². The van der Waals surface area contributed by atoms with E-state index in [1.165, 1.54) is 13.0 Å². The van der Waals surface area contributed by atoms with E-state index in [2.05, 4.69) is 15.0 Å². The molecule has 0 saturated heterocycles. The second-order valence-electron chi connectivity index (χ2n) is 6.91. The van der Waals surface area contributed by atoms with Gasteiger partial charge < -0.3 is 9.72 Å². The van der Waals surface area contributed by atoms with Crippen molar-refractivity contribution in [3.63, 3.8) is 0 Å². The molecule has 7 nitrogen and oxygen atoms in total. The quantitative estimate of drug-likeness (QED) is 0.477. The summed E-state index contributed by atoms with van der Waals surface area (Å²) in [5.41, 5.74) is 4.18. The highest BCUT2D eigenvalue weighted by Crippen LogP contribution is 2.26. The normalized spacial score (nSPS) is 11.5. The van der Waals surface area contributed by atoms with Crippen molar-refractivity contribution in [2.24, 2.45) is 0 Å². The number of hydrogen-bond donors (Lipinski definition) is 2. The number of amides is 1. The number of thiophene rings is 1. The van der Waals surface area contributed by atoms with Crippen LogP contribution in [-0.2, 0) is 21.4 Å². The van der Waals surface area contributed by atoms with Gasteiger partial charge in [0.1, 0.15) is 9.86 Å². The maximum Gasteiger partial charge on any atom is 0.271 e. The number of hydrogen-bond acceptors (Lipinski definition) is 5. The van der Waals surface area contributed by atoms with Gasteiger partial charge in [0.2, 0.25) is 5.91 Å². The molecule has 0 aliphatic carbocycles. The number of imidazole rings is 1. The summed E-state index contributed by atoms with van der Waals surface area (Å²) in [6.07, 6.45) is 3.90. The number of sulfonamides is 1. The number of aryl methyl sites for hydroxylation is 1. The van der Waals surface area contributed by atoms with Crippen molar-refractivity contribution in [1.29, 1.82) is 0 Å². The van der Waals surface area contributed by atoms with Gasteiger partial charge >= 0.3 is 0 Å². The lowest BCUT2D eigenvalue weighted by molar-refractivity contribution is -0.119. The third-order valence-electron chi connectivity index (χ3n) is 4.46. The number of aromatic nitrogens is 2. The molecule has 0 aliphatic rings. The van der Waals surface area contributed by atoms with Crippen molar-refractivity contribution in [2.75, 3.05) is 4.72 Å². The lowest BCUT2D eigenvalue weighted by atomic mass is 10.1. The van der Waals surface area contributed by atoms with E-state index >= 15 is 0 Å². The molecular weight excluding hydrogens is 420 g/mol. The zero-order chi connectivity index (χ0) is 21.3. The molecule has 0 radical (unpaired) electrons. The van der Waals surface area contributed by atoms with Gasteiger partial charge in [-0.15, -0.1) is 11.3 Å². The summed E-state index contributed by atoms with van der Waals surface area (Å²) in [5.74, 6) is -0.160. The summed E-state index contributed by atoms with van der Waals surface area (Å²) in [6.45, 7) is 3.75. The molecule has 0 aliphatic heterocycles. The van der Waals surface area contributed by atoms with Gasteiger partial charge in [-0.1, -0.05) is 12.1 Å². The first-order valence-corrected chi connectivity index (χ1v) is 11.5. The van der Waals surface area contributed by atoms with Gasteiger partial charge in [-0.3, -0.25) is 9.52 Å². The van der Waals surface area contributed by atoms with Crippen molar-refractivity contribution in [1.82, 2.24) is 14.7 Å². The Bertz CT molecular complexity index is 1320. The van der Waals surface area contributed by atoms with Gasteiger partial charge in [0.25, 0.3) is 10.0 Å². The topological polar surface area (TPSA) is 92.6 Å². The number of pyridine rings is 1. The Kier molecular flexibility index (Phi) is 5.31. The average molecular weight is 441 g/mol. The molecule has 2 N–H and O–H groups in total. The molecule has 1 amide bonds. The van der Waals surface area contributed by atoms with Crippen molar-refractivity contribution in [3.8, 4) is 11.3 Å². The molecule has 4 aromatic rings. The highest BCUT2D eigenvalue weighted by atomic mass is 32.2. The van der Waals surface area contributed by atoms with Crippen molar-refractivity contribution < 1.29 is 13.2 Å². The van der Waals surface area contributed by atoms with Crippen LogP contribution in [0, 0.1) is 6.92 Å². The first-order valence-electron chi connectivity index (χ1n) is 9.22. The number of nitrogens with one attached hydrogen (secondary N) is 2. The van der Waals surface area contributed by atoms with E-state index in [1.807, 2.05) is 48.0 Å². The van der Waals surface area contributed by atoms with Gasteiger partial charge in [0, 0.05) is 35.4 Å². The maximum absolute atomic E-state index is 12.7. The van der Waals surface area contributed by atoms with Crippen LogP contribution < -0.4 is 10.0 Å². The SMILES string of the molecule is CC(=O)NCc1ccc(S(=O)(=O)Nc2ccc(-c3cn4ccc(C)cc4n3)cc2)s1. The molecule has 1 aromatic carbocycles. The molecule has 0 bridgehead atoms. The first-order chi connectivity index (χ1) is 14.3. The molecule has 30 heavy (non-hydrogen) atoms. The lowest BCUT2D eigenvalue weighted by Gasteiger charge is -2.07. The molecule has 0 unspecified atom stereocenters. The van der Waals surface area contributed by atoms with Gasteiger partial charge in [0.15, 0.2) is 0 Å². The summed E-state index contributed by atoms with van der Waals surface area (Å²) in [7, 11) is -3.70. The number of carbonyl (C=O) groups is 1. The van der Waals surface area contributed by atoms with Gasteiger partial charge in [-0.05, 0) is 48.9 Å². The summed E-state index contributed by atoms with van der Waals surface area (Å²) in [5, 5.41) is 2.66. The second-order valence-corrected chi connectivity index (χ2v) is 9.99. The zero-order valence-corrected chi connectivity index (χ0v) is 18.0. The number of anilines is 1. The summed E-state index contributed by atoms with van der Waals surface area (Å²) in [6, 6.07) is 14.4. The minimum Gasteiger partial charge on any atom is -0.351 e. The molecule has 154 valence electrons. The van der Waals surface area contributed by atoms with Crippen LogP contribution in [-0.4, -0.2) is 23.7 Å². The molecular formula is C21H20N4O3S2. The number of rotatable bonds is 6. The lowest BCUT2D eigenvalue weighted by Crippen LogP contribution is -2.18. The van der Waals surface area contributed by atoms with E-state index in [0.29, 0.717) is 12.2 Å². The minimum atomic E-state index is -3.70. The van der Waals surface area contributed by atoms with Gasteiger partial charge in [-0.25, -0.2) is 13.4 Å². The van der Waals surface area contributed by atoms with Crippen molar-refractivity contribution >= 4 is 38.6 Å². The fourth-order valence-corrected chi connectivity index (χ4v) is 5.30. The molecule has 3 aromatic heterocycles. The number of benzene rings is 1. The second kappa shape index (κ2) is 7.92. The van der Waals surface area contributed by atoms with E-state index in [0.717, 1.165) is 38.7 Å². The fraction of sp³-hybridized carbons (Fsp3) is 0.143. The van der Waals surface area contributed by atoms with Gasteiger partial charge in [0.05, 0.1) is 12.2 Å². The van der Waals surface area contributed by atoms with E-state index < -0.39 is 10.0 Å². The van der Waals surface area contributed by atoms with E-state index in [9.17, 15) is 13.2 Å². The summed E-state index contributed by atoms with van der Waals surface area (Å²) >= 11 is 1.13. The van der Waals surface area contributed by atoms with Crippen LogP contribution >= 0.6 is 11.3 Å². The van der Waals surface area contributed by atoms with Gasteiger partial charge in [-0.2, -0.15) is 0 Å². The smallest absolute Gasteiger partial charge is 0.271 e. The Hall–Kier alpha value is -3.17. The van der Waals surface area contributed by atoms with Crippen LogP contribution in [0.25, 0.3) is 16.9 Å². The van der Waals surface area contributed by atoms with Crippen LogP contribution in [0.15, 0.2) is 65.1 Å². The molecule has 9 heteroatoms. The molecule has 0 saturated carbocycles.